The highest BCUT2D eigenvalue weighted by Crippen LogP contribution is 2.34. The van der Waals surface area contributed by atoms with E-state index in [4.69, 9.17) is 0 Å². The van der Waals surface area contributed by atoms with Crippen LogP contribution in [0.25, 0.3) is 0 Å². The van der Waals surface area contributed by atoms with Crippen molar-refractivity contribution < 1.29 is 0 Å². The zero-order valence-electron chi connectivity index (χ0n) is 6.25. The summed E-state index contributed by atoms with van der Waals surface area (Å²) in [6.45, 7) is 4.00. The Morgan fingerprint density at radius 1 is 1.30 bits per heavy atom. The van der Waals surface area contributed by atoms with Crippen LogP contribution in [0.3, 0.4) is 0 Å². The number of hydrogen-bond acceptors (Lipinski definition) is 2. The van der Waals surface area contributed by atoms with Crippen LogP contribution in [-0.2, 0) is 0 Å². The summed E-state index contributed by atoms with van der Waals surface area (Å²) in [5.41, 5.74) is 0. The van der Waals surface area contributed by atoms with Crippen LogP contribution < -0.4 is 0 Å². The zero-order chi connectivity index (χ0) is 6.97. The molecule has 10 heavy (non-hydrogen) atoms. The van der Waals surface area contributed by atoms with Crippen LogP contribution in [-0.4, -0.2) is 29.8 Å². The Labute approximate surface area is 67.2 Å². The quantitative estimate of drug-likeness (QED) is 0.567. The van der Waals surface area contributed by atoms with Gasteiger partial charge in [-0.1, -0.05) is 0 Å². The Hall–Kier alpha value is 0.310. The van der Waals surface area contributed by atoms with Gasteiger partial charge in [-0.15, -0.1) is 0 Å². The largest absolute Gasteiger partial charge is 0.302 e. The fraction of sp³-hybridized carbons (Fsp3) is 0.875. The van der Waals surface area contributed by atoms with Gasteiger partial charge in [0, 0.05) is 18.1 Å². The van der Waals surface area contributed by atoms with Gasteiger partial charge in [0.2, 0.25) is 0 Å². The van der Waals surface area contributed by atoms with Crippen LogP contribution in [0, 0.1) is 12.2 Å². The Bertz CT molecular complexity index is 118. The summed E-state index contributed by atoms with van der Waals surface area (Å²) in [7, 11) is 0. The zero-order valence-corrected chi connectivity index (χ0v) is 7.07. The predicted octanol–water partition coefficient (Wildman–Crippen LogP) is 1.61. The molecule has 1 nitrogen and oxygen atoms in total. The molecule has 3 rings (SSSR count). The van der Waals surface area contributed by atoms with Gasteiger partial charge in [0.05, 0.1) is 0 Å². The molecule has 2 heteroatoms. The van der Waals surface area contributed by atoms with Crippen molar-refractivity contribution in [1.82, 2.24) is 4.90 Å². The average molecular weight is 156 g/mol. The van der Waals surface area contributed by atoms with Crippen LogP contribution in [0.4, 0.5) is 0 Å². The number of nitrogens with zero attached hydrogens (tertiary/aromatic N) is 1. The van der Waals surface area contributed by atoms with Crippen molar-refractivity contribution in [3.8, 4) is 0 Å². The first-order valence-electron chi connectivity index (χ1n) is 4.03. The molecule has 0 N–H and O–H groups in total. The van der Waals surface area contributed by atoms with Crippen LogP contribution >= 0.6 is 11.8 Å². The van der Waals surface area contributed by atoms with Gasteiger partial charge in [0.25, 0.3) is 0 Å². The van der Waals surface area contributed by atoms with E-state index in [9.17, 15) is 0 Å². The maximum absolute atomic E-state index is 3.92. The number of piperidine rings is 3. The molecule has 3 aliphatic rings. The number of thioether (sulfide) groups is 1. The minimum atomic E-state index is 0.850. The first-order valence-corrected chi connectivity index (χ1v) is 5.08. The SMILES string of the molecule is [CH2]SC1CN2CCC1CC2. The summed E-state index contributed by atoms with van der Waals surface area (Å²) >= 11 is 1.82. The van der Waals surface area contributed by atoms with E-state index in [1.165, 1.54) is 32.5 Å². The van der Waals surface area contributed by atoms with Crippen LogP contribution in [0.2, 0.25) is 0 Å². The summed E-state index contributed by atoms with van der Waals surface area (Å²) in [4.78, 5) is 2.57. The second-order valence-corrected chi connectivity index (χ2v) is 4.28. The summed E-state index contributed by atoms with van der Waals surface area (Å²) in [6, 6.07) is 0. The molecule has 0 aromatic heterocycles. The monoisotopic (exact) mass is 156 g/mol. The molecular weight excluding hydrogens is 142 g/mol. The highest BCUT2D eigenvalue weighted by Gasteiger charge is 2.33. The van der Waals surface area contributed by atoms with E-state index in [1.807, 2.05) is 11.8 Å². The van der Waals surface area contributed by atoms with E-state index in [-0.39, 0.29) is 0 Å². The second-order valence-electron chi connectivity index (χ2n) is 3.34. The molecule has 1 atom stereocenters. The first kappa shape index (κ1) is 6.99. The lowest BCUT2D eigenvalue weighted by molar-refractivity contribution is 0.118. The standard InChI is InChI=1S/C8H14NS/c1-10-8-6-9-4-2-7(8)3-5-9/h7-8H,1-6H2. The number of rotatable bonds is 1. The van der Waals surface area contributed by atoms with Gasteiger partial charge >= 0.3 is 0 Å². The van der Waals surface area contributed by atoms with Gasteiger partial charge < -0.3 is 4.90 Å². The Kier molecular flexibility index (Phi) is 1.92. The summed E-state index contributed by atoms with van der Waals surface area (Å²) < 4.78 is 0. The molecule has 1 unspecified atom stereocenters. The third kappa shape index (κ3) is 1.08. The Balaban J connectivity index is 2.01. The third-order valence-electron chi connectivity index (χ3n) is 2.81. The molecule has 0 aromatic carbocycles. The van der Waals surface area contributed by atoms with Crippen LogP contribution in [0.15, 0.2) is 0 Å². The lowest BCUT2D eigenvalue weighted by Gasteiger charge is -2.44. The average Bonchev–Trinajstić information content (AvgIpc) is 2.06. The number of fused-ring (bicyclic) bond motifs is 3. The topological polar surface area (TPSA) is 3.24 Å². The summed E-state index contributed by atoms with van der Waals surface area (Å²) in [5.74, 6) is 0.993. The van der Waals surface area contributed by atoms with Crippen molar-refractivity contribution in [3.63, 3.8) is 0 Å². The molecular formula is C8H14NS. The van der Waals surface area contributed by atoms with Crippen molar-refractivity contribution in [1.29, 1.82) is 0 Å². The molecule has 0 spiro atoms. The van der Waals surface area contributed by atoms with E-state index in [0.29, 0.717) is 0 Å². The molecule has 1 radical (unpaired) electrons. The van der Waals surface area contributed by atoms with E-state index in [1.54, 1.807) is 0 Å². The summed E-state index contributed by atoms with van der Waals surface area (Å²) in [6.07, 6.45) is 6.77. The van der Waals surface area contributed by atoms with Gasteiger partial charge in [-0.3, -0.25) is 0 Å². The maximum atomic E-state index is 3.92. The molecule has 3 heterocycles. The fourth-order valence-electron chi connectivity index (χ4n) is 2.10. The molecule has 0 amide bonds. The van der Waals surface area contributed by atoms with E-state index >= 15 is 0 Å². The van der Waals surface area contributed by atoms with Crippen molar-refractivity contribution in [3.05, 3.63) is 6.26 Å². The minimum absolute atomic E-state index is 0.850. The minimum Gasteiger partial charge on any atom is -0.302 e. The maximum Gasteiger partial charge on any atom is 0.0204 e. The van der Waals surface area contributed by atoms with E-state index in [0.717, 1.165) is 11.2 Å². The first-order chi connectivity index (χ1) is 4.90. The lowest BCUT2D eigenvalue weighted by atomic mass is 9.88. The smallest absolute Gasteiger partial charge is 0.0204 e. The molecule has 3 aliphatic heterocycles. The van der Waals surface area contributed by atoms with E-state index in [2.05, 4.69) is 11.2 Å². The molecule has 2 bridgehead atoms. The summed E-state index contributed by atoms with van der Waals surface area (Å²) in [5, 5.41) is 0.850. The van der Waals surface area contributed by atoms with Crippen molar-refractivity contribution in [2.24, 2.45) is 5.92 Å². The lowest BCUT2D eigenvalue weighted by Crippen LogP contribution is -2.48. The van der Waals surface area contributed by atoms with Gasteiger partial charge in [-0.25, -0.2) is 0 Å². The van der Waals surface area contributed by atoms with Gasteiger partial charge in [-0.2, -0.15) is 11.8 Å². The Morgan fingerprint density at radius 3 is 2.30 bits per heavy atom. The normalized spacial score (nSPS) is 45.9. The predicted molar refractivity (Wildman–Crippen MR) is 45.9 cm³/mol. The molecule has 57 valence electrons. The molecule has 0 aromatic rings. The van der Waals surface area contributed by atoms with Crippen molar-refractivity contribution >= 4 is 11.8 Å². The molecule has 3 saturated heterocycles. The Morgan fingerprint density at radius 2 is 2.00 bits per heavy atom. The van der Waals surface area contributed by atoms with E-state index < -0.39 is 0 Å². The fourth-order valence-corrected chi connectivity index (χ4v) is 2.96. The highest BCUT2D eigenvalue weighted by molar-refractivity contribution is 8.01. The van der Waals surface area contributed by atoms with Gasteiger partial charge in [0.1, 0.15) is 0 Å². The second kappa shape index (κ2) is 2.74. The highest BCUT2D eigenvalue weighted by atomic mass is 32.2. The number of hydrogen-bond donors (Lipinski definition) is 0. The van der Waals surface area contributed by atoms with Gasteiger partial charge in [0.15, 0.2) is 0 Å². The molecule has 0 saturated carbocycles. The molecule has 0 aliphatic carbocycles. The van der Waals surface area contributed by atoms with Crippen LogP contribution in [0.1, 0.15) is 12.8 Å². The van der Waals surface area contributed by atoms with Crippen molar-refractivity contribution in [2.75, 3.05) is 19.6 Å². The van der Waals surface area contributed by atoms with Gasteiger partial charge in [-0.05, 0) is 31.8 Å². The third-order valence-corrected chi connectivity index (χ3v) is 3.77. The van der Waals surface area contributed by atoms with Crippen molar-refractivity contribution in [2.45, 2.75) is 18.1 Å². The van der Waals surface area contributed by atoms with Crippen LogP contribution in [0.5, 0.6) is 0 Å². The molecule has 3 fully saturated rings.